The van der Waals surface area contributed by atoms with E-state index in [1.54, 1.807) is 41.4 Å². The lowest BCUT2D eigenvalue weighted by Crippen LogP contribution is -2.23. The van der Waals surface area contributed by atoms with E-state index >= 15 is 0 Å². The van der Waals surface area contributed by atoms with Gasteiger partial charge in [-0.05, 0) is 49.2 Å². The van der Waals surface area contributed by atoms with Gasteiger partial charge in [-0.3, -0.25) is 9.59 Å². The van der Waals surface area contributed by atoms with E-state index in [4.69, 9.17) is 4.74 Å². The van der Waals surface area contributed by atoms with Gasteiger partial charge in [-0.15, -0.1) is 0 Å². The number of ether oxygens (including phenoxy) is 1. The van der Waals surface area contributed by atoms with Crippen LogP contribution >= 0.6 is 0 Å². The smallest absolute Gasteiger partial charge is 0.255 e. The number of pyridine rings is 1. The average molecular weight is 325 g/mol. The van der Waals surface area contributed by atoms with E-state index in [9.17, 15) is 9.59 Å². The summed E-state index contributed by atoms with van der Waals surface area (Å²) >= 11 is 0. The summed E-state index contributed by atoms with van der Waals surface area (Å²) in [7, 11) is 1.51. The number of carbonyl (C=O) groups excluding carboxylic acids is 2. The number of nitrogens with zero attached hydrogens (tertiary/aromatic N) is 2. The quantitative estimate of drug-likeness (QED) is 0.938. The van der Waals surface area contributed by atoms with Gasteiger partial charge in [0, 0.05) is 30.4 Å². The van der Waals surface area contributed by atoms with Crippen LogP contribution in [0.4, 0.5) is 11.4 Å². The molecule has 0 radical (unpaired) electrons. The third-order valence-electron chi connectivity index (χ3n) is 3.94. The first kappa shape index (κ1) is 16.0. The summed E-state index contributed by atoms with van der Waals surface area (Å²) in [6.45, 7) is 2.63. The maximum absolute atomic E-state index is 12.4. The molecule has 1 aromatic carbocycles. The Hall–Kier alpha value is -2.89. The number of aryl methyl sites for hydroxylation is 1. The Labute approximate surface area is 140 Å². The Kier molecular flexibility index (Phi) is 4.46. The van der Waals surface area contributed by atoms with Crippen LogP contribution in [0.5, 0.6) is 5.88 Å². The van der Waals surface area contributed by atoms with Crippen LogP contribution in [-0.2, 0) is 4.79 Å². The fraction of sp³-hybridized carbons (Fsp3) is 0.278. The van der Waals surface area contributed by atoms with Crippen molar-refractivity contribution in [1.29, 1.82) is 0 Å². The molecule has 1 aliphatic heterocycles. The molecule has 0 spiro atoms. The number of nitrogens with one attached hydrogen (secondary N) is 1. The molecule has 2 aromatic rings. The van der Waals surface area contributed by atoms with Gasteiger partial charge in [0.05, 0.1) is 7.11 Å². The largest absolute Gasteiger partial charge is 0.480 e. The first-order valence-corrected chi connectivity index (χ1v) is 7.81. The highest BCUT2D eigenvalue weighted by Gasteiger charge is 2.21. The van der Waals surface area contributed by atoms with E-state index < -0.39 is 0 Å². The molecule has 0 atom stereocenters. The number of carbonyl (C=O) groups is 2. The van der Waals surface area contributed by atoms with Crippen molar-refractivity contribution in [3.63, 3.8) is 0 Å². The van der Waals surface area contributed by atoms with Crippen LogP contribution in [-0.4, -0.2) is 30.5 Å². The van der Waals surface area contributed by atoms with Crippen LogP contribution in [0.3, 0.4) is 0 Å². The maximum atomic E-state index is 12.4. The summed E-state index contributed by atoms with van der Waals surface area (Å²) in [6.07, 6.45) is 3.14. The highest BCUT2D eigenvalue weighted by Crippen LogP contribution is 2.24. The van der Waals surface area contributed by atoms with Gasteiger partial charge >= 0.3 is 0 Å². The first-order chi connectivity index (χ1) is 11.6. The number of hydrogen-bond acceptors (Lipinski definition) is 4. The zero-order chi connectivity index (χ0) is 17.1. The van der Waals surface area contributed by atoms with Gasteiger partial charge in [0.15, 0.2) is 0 Å². The molecule has 0 saturated carbocycles. The molecule has 0 unspecified atom stereocenters. The Bertz CT molecular complexity index is 772. The normalized spacial score (nSPS) is 13.9. The maximum Gasteiger partial charge on any atom is 0.255 e. The third-order valence-corrected chi connectivity index (χ3v) is 3.94. The highest BCUT2D eigenvalue weighted by molar-refractivity contribution is 6.05. The van der Waals surface area contributed by atoms with Crippen LogP contribution in [0.1, 0.15) is 28.8 Å². The predicted octanol–water partition coefficient (Wildman–Crippen LogP) is 2.78. The molecule has 2 heterocycles. The molecule has 24 heavy (non-hydrogen) atoms. The van der Waals surface area contributed by atoms with Crippen LogP contribution in [0, 0.1) is 6.92 Å². The number of hydrogen-bond donors (Lipinski definition) is 1. The molecule has 2 amide bonds. The van der Waals surface area contributed by atoms with Crippen molar-refractivity contribution in [2.45, 2.75) is 19.8 Å². The standard InChI is InChI=1S/C18H19N3O3/c1-12-10-15(18(24-2)19-11-12)20-17(23)13-5-7-14(8-6-13)21-9-3-4-16(21)22/h5-8,10-11H,3-4,9H2,1-2H3,(H,20,23). The lowest BCUT2D eigenvalue weighted by molar-refractivity contribution is -0.117. The number of rotatable bonds is 4. The molecular weight excluding hydrogens is 306 g/mol. The topological polar surface area (TPSA) is 71.5 Å². The van der Waals surface area contributed by atoms with E-state index in [0.29, 0.717) is 23.6 Å². The Balaban J connectivity index is 1.76. The summed E-state index contributed by atoms with van der Waals surface area (Å²) in [5.41, 5.74) is 2.79. The fourth-order valence-corrected chi connectivity index (χ4v) is 2.72. The van der Waals surface area contributed by atoms with Gasteiger partial charge in [-0.25, -0.2) is 4.98 Å². The summed E-state index contributed by atoms with van der Waals surface area (Å²) < 4.78 is 5.17. The number of benzene rings is 1. The zero-order valence-corrected chi connectivity index (χ0v) is 13.7. The average Bonchev–Trinajstić information content (AvgIpc) is 3.01. The summed E-state index contributed by atoms with van der Waals surface area (Å²) in [6, 6.07) is 8.83. The molecule has 1 N–H and O–H groups in total. The van der Waals surface area contributed by atoms with Crippen molar-refractivity contribution in [2.75, 3.05) is 23.9 Å². The van der Waals surface area contributed by atoms with E-state index in [2.05, 4.69) is 10.3 Å². The summed E-state index contributed by atoms with van der Waals surface area (Å²) in [4.78, 5) is 30.1. The van der Waals surface area contributed by atoms with Crippen LogP contribution in [0.25, 0.3) is 0 Å². The number of anilines is 2. The molecule has 124 valence electrons. The second-order valence-electron chi connectivity index (χ2n) is 5.72. The van der Waals surface area contributed by atoms with Crippen molar-refractivity contribution >= 4 is 23.2 Å². The molecule has 1 saturated heterocycles. The molecule has 0 bridgehead atoms. The van der Waals surface area contributed by atoms with Gasteiger partial charge in [0.25, 0.3) is 5.91 Å². The number of methoxy groups -OCH3 is 1. The van der Waals surface area contributed by atoms with E-state index in [1.165, 1.54) is 7.11 Å². The predicted molar refractivity (Wildman–Crippen MR) is 91.5 cm³/mol. The molecule has 1 aliphatic rings. The third kappa shape index (κ3) is 3.22. The zero-order valence-electron chi connectivity index (χ0n) is 13.7. The number of aromatic nitrogens is 1. The van der Waals surface area contributed by atoms with E-state index in [-0.39, 0.29) is 11.8 Å². The van der Waals surface area contributed by atoms with E-state index in [0.717, 1.165) is 24.2 Å². The van der Waals surface area contributed by atoms with Crippen molar-refractivity contribution in [3.05, 3.63) is 47.7 Å². The van der Waals surface area contributed by atoms with Gasteiger partial charge in [-0.2, -0.15) is 0 Å². The second-order valence-corrected chi connectivity index (χ2v) is 5.72. The molecule has 3 rings (SSSR count). The number of amides is 2. The second kappa shape index (κ2) is 6.70. The monoisotopic (exact) mass is 325 g/mol. The Morgan fingerprint density at radius 2 is 2.04 bits per heavy atom. The Morgan fingerprint density at radius 1 is 1.29 bits per heavy atom. The lowest BCUT2D eigenvalue weighted by atomic mass is 10.1. The van der Waals surface area contributed by atoms with Crippen LogP contribution in [0.15, 0.2) is 36.5 Å². The van der Waals surface area contributed by atoms with Crippen molar-refractivity contribution in [2.24, 2.45) is 0 Å². The first-order valence-electron chi connectivity index (χ1n) is 7.81. The lowest BCUT2D eigenvalue weighted by Gasteiger charge is -2.16. The molecule has 1 aromatic heterocycles. The van der Waals surface area contributed by atoms with Crippen molar-refractivity contribution in [3.8, 4) is 5.88 Å². The van der Waals surface area contributed by atoms with Crippen molar-refractivity contribution < 1.29 is 14.3 Å². The highest BCUT2D eigenvalue weighted by atomic mass is 16.5. The van der Waals surface area contributed by atoms with E-state index in [1.807, 2.05) is 6.92 Å². The minimum Gasteiger partial charge on any atom is -0.480 e. The fourth-order valence-electron chi connectivity index (χ4n) is 2.72. The molecule has 0 aliphatic carbocycles. The SMILES string of the molecule is COc1ncc(C)cc1NC(=O)c1ccc(N2CCCC2=O)cc1. The van der Waals surface area contributed by atoms with Gasteiger partial charge in [-0.1, -0.05) is 0 Å². The van der Waals surface area contributed by atoms with Crippen LogP contribution in [0.2, 0.25) is 0 Å². The van der Waals surface area contributed by atoms with Gasteiger partial charge in [0.2, 0.25) is 11.8 Å². The molecular formula is C18H19N3O3. The van der Waals surface area contributed by atoms with Crippen molar-refractivity contribution in [1.82, 2.24) is 4.98 Å². The van der Waals surface area contributed by atoms with Crippen LogP contribution < -0.4 is 15.0 Å². The van der Waals surface area contributed by atoms with Gasteiger partial charge < -0.3 is 15.0 Å². The molecule has 1 fully saturated rings. The summed E-state index contributed by atoms with van der Waals surface area (Å²) in [5, 5.41) is 2.81. The van der Waals surface area contributed by atoms with Gasteiger partial charge in [0.1, 0.15) is 5.69 Å². The molecule has 6 nitrogen and oxygen atoms in total. The minimum atomic E-state index is -0.250. The summed E-state index contributed by atoms with van der Waals surface area (Å²) in [5.74, 6) is 0.246. The molecule has 6 heteroatoms. The minimum absolute atomic E-state index is 0.128. The Morgan fingerprint density at radius 3 is 2.67 bits per heavy atom.